The number of nitro benzene ring substituents is 1. The Balaban J connectivity index is 2.06. The van der Waals surface area contributed by atoms with Crippen LogP contribution in [0.15, 0.2) is 12.1 Å². The van der Waals surface area contributed by atoms with Crippen molar-refractivity contribution >= 4 is 23.0 Å². The van der Waals surface area contributed by atoms with Crippen LogP contribution in [0.25, 0.3) is 0 Å². The first kappa shape index (κ1) is 16.0. The molecule has 0 aliphatic carbocycles. The van der Waals surface area contributed by atoms with Gasteiger partial charge >= 0.3 is 0 Å². The Morgan fingerprint density at radius 1 is 1.43 bits per heavy atom. The van der Waals surface area contributed by atoms with Gasteiger partial charge in [0.25, 0.3) is 5.69 Å². The molecular formula is C14H21ClN4O2. The van der Waals surface area contributed by atoms with E-state index in [1.165, 1.54) is 6.07 Å². The topological polar surface area (TPSA) is 61.7 Å². The molecule has 0 amide bonds. The minimum Gasteiger partial charge on any atom is -0.383 e. The van der Waals surface area contributed by atoms with Crippen molar-refractivity contribution in [1.82, 2.24) is 9.80 Å². The molecule has 1 unspecified atom stereocenters. The summed E-state index contributed by atoms with van der Waals surface area (Å²) in [6.45, 7) is 5.76. The van der Waals surface area contributed by atoms with Crippen molar-refractivity contribution in [3.8, 4) is 0 Å². The molecule has 1 fully saturated rings. The molecule has 1 heterocycles. The van der Waals surface area contributed by atoms with Crippen LogP contribution in [0.4, 0.5) is 11.4 Å². The lowest BCUT2D eigenvalue weighted by Gasteiger charge is -2.38. The zero-order chi connectivity index (χ0) is 15.6. The van der Waals surface area contributed by atoms with Crippen LogP contribution in [0.3, 0.4) is 0 Å². The molecule has 6 nitrogen and oxygen atoms in total. The molecule has 0 spiro atoms. The summed E-state index contributed by atoms with van der Waals surface area (Å²) in [5.41, 5.74) is 1.64. The number of nitro groups is 1. The first-order valence-electron chi connectivity index (χ1n) is 6.95. The van der Waals surface area contributed by atoms with Crippen LogP contribution in [-0.4, -0.2) is 61.0 Å². The first-order valence-corrected chi connectivity index (χ1v) is 7.33. The molecular weight excluding hydrogens is 292 g/mol. The number of nitrogens with zero attached hydrogens (tertiary/aromatic N) is 3. The summed E-state index contributed by atoms with van der Waals surface area (Å²) in [6.07, 6.45) is 0. The SMILES string of the molecule is Cc1cc([N+](=O)[O-])c(Cl)cc1NCC1CN(C)CCN1C. The van der Waals surface area contributed by atoms with Crippen molar-refractivity contribution in [3.05, 3.63) is 32.8 Å². The number of likely N-dealkylation sites (N-methyl/N-ethyl adjacent to an activating group) is 2. The third-order valence-corrected chi connectivity index (χ3v) is 4.30. The Labute approximate surface area is 129 Å². The van der Waals surface area contributed by atoms with Crippen molar-refractivity contribution in [2.24, 2.45) is 0 Å². The van der Waals surface area contributed by atoms with Crippen LogP contribution < -0.4 is 5.32 Å². The van der Waals surface area contributed by atoms with Gasteiger partial charge in [-0.2, -0.15) is 0 Å². The van der Waals surface area contributed by atoms with Gasteiger partial charge in [-0.15, -0.1) is 0 Å². The van der Waals surface area contributed by atoms with Gasteiger partial charge in [0.2, 0.25) is 0 Å². The van der Waals surface area contributed by atoms with E-state index in [2.05, 4.69) is 29.2 Å². The maximum atomic E-state index is 10.9. The van der Waals surface area contributed by atoms with Gasteiger partial charge < -0.3 is 10.2 Å². The zero-order valence-electron chi connectivity index (χ0n) is 12.6. The maximum absolute atomic E-state index is 10.9. The van der Waals surface area contributed by atoms with E-state index >= 15 is 0 Å². The lowest BCUT2D eigenvalue weighted by atomic mass is 10.1. The monoisotopic (exact) mass is 312 g/mol. The molecule has 1 aromatic carbocycles. The predicted octanol–water partition coefficient (Wildman–Crippen LogP) is 2.21. The average molecular weight is 313 g/mol. The average Bonchev–Trinajstić information content (AvgIpc) is 2.42. The maximum Gasteiger partial charge on any atom is 0.288 e. The predicted molar refractivity (Wildman–Crippen MR) is 85.2 cm³/mol. The largest absolute Gasteiger partial charge is 0.383 e. The number of hydrogen-bond donors (Lipinski definition) is 1. The third kappa shape index (κ3) is 3.84. The standard InChI is InChI=1S/C14H21ClN4O2/c1-10-6-14(19(20)21)12(15)7-13(10)16-8-11-9-17(2)4-5-18(11)3/h6-7,11,16H,4-5,8-9H2,1-3H3. The molecule has 1 aliphatic heterocycles. The highest BCUT2D eigenvalue weighted by Gasteiger charge is 2.22. The fraction of sp³-hybridized carbons (Fsp3) is 0.571. The lowest BCUT2D eigenvalue weighted by molar-refractivity contribution is -0.384. The molecule has 116 valence electrons. The second-order valence-corrected chi connectivity index (χ2v) is 6.06. The second-order valence-electron chi connectivity index (χ2n) is 5.65. The molecule has 1 aromatic rings. The van der Waals surface area contributed by atoms with E-state index < -0.39 is 4.92 Å². The van der Waals surface area contributed by atoms with Crippen LogP contribution >= 0.6 is 11.6 Å². The van der Waals surface area contributed by atoms with E-state index in [-0.39, 0.29) is 10.7 Å². The number of aryl methyl sites for hydroxylation is 1. The second kappa shape index (κ2) is 6.60. The summed E-state index contributed by atoms with van der Waals surface area (Å²) in [5, 5.41) is 14.4. The molecule has 1 aliphatic rings. The zero-order valence-corrected chi connectivity index (χ0v) is 13.4. The number of hydrogen-bond acceptors (Lipinski definition) is 5. The molecule has 1 atom stereocenters. The number of rotatable bonds is 4. The number of anilines is 1. The van der Waals surface area contributed by atoms with Crippen LogP contribution in [0.1, 0.15) is 5.56 Å². The molecule has 2 rings (SSSR count). The molecule has 0 bridgehead atoms. The Morgan fingerprint density at radius 2 is 2.14 bits per heavy atom. The van der Waals surface area contributed by atoms with E-state index in [1.54, 1.807) is 6.07 Å². The highest BCUT2D eigenvalue weighted by molar-refractivity contribution is 6.33. The Morgan fingerprint density at radius 3 is 2.81 bits per heavy atom. The van der Waals surface area contributed by atoms with Crippen molar-refractivity contribution < 1.29 is 4.92 Å². The first-order chi connectivity index (χ1) is 9.88. The summed E-state index contributed by atoms with van der Waals surface area (Å²) >= 11 is 5.97. The quantitative estimate of drug-likeness (QED) is 0.682. The molecule has 7 heteroatoms. The van der Waals surface area contributed by atoms with Gasteiger partial charge in [0.05, 0.1) is 4.92 Å². The van der Waals surface area contributed by atoms with E-state index in [0.29, 0.717) is 6.04 Å². The molecule has 1 saturated heterocycles. The molecule has 21 heavy (non-hydrogen) atoms. The van der Waals surface area contributed by atoms with Crippen LogP contribution in [0, 0.1) is 17.0 Å². The Bertz CT molecular complexity index is 538. The summed E-state index contributed by atoms with van der Waals surface area (Å²) in [7, 11) is 4.24. The van der Waals surface area contributed by atoms with E-state index in [1.807, 2.05) is 6.92 Å². The van der Waals surface area contributed by atoms with Gasteiger partial charge in [-0.05, 0) is 32.6 Å². The van der Waals surface area contributed by atoms with E-state index in [9.17, 15) is 10.1 Å². The number of piperazine rings is 1. The Kier molecular flexibility index (Phi) is 5.03. The molecule has 0 aromatic heterocycles. The fourth-order valence-electron chi connectivity index (χ4n) is 2.55. The van der Waals surface area contributed by atoms with Crippen LogP contribution in [0.2, 0.25) is 5.02 Å². The summed E-state index contributed by atoms with van der Waals surface area (Å²) in [4.78, 5) is 15.0. The normalized spacial score (nSPS) is 20.5. The van der Waals surface area contributed by atoms with Gasteiger partial charge in [0, 0.05) is 44.0 Å². The number of halogens is 1. The van der Waals surface area contributed by atoms with Crippen molar-refractivity contribution in [1.29, 1.82) is 0 Å². The fourth-order valence-corrected chi connectivity index (χ4v) is 2.78. The summed E-state index contributed by atoms with van der Waals surface area (Å²) in [6, 6.07) is 3.57. The van der Waals surface area contributed by atoms with Gasteiger partial charge in [-0.3, -0.25) is 15.0 Å². The van der Waals surface area contributed by atoms with Crippen molar-refractivity contribution in [2.75, 3.05) is 45.6 Å². The number of nitrogens with one attached hydrogen (secondary N) is 1. The van der Waals surface area contributed by atoms with E-state index in [4.69, 9.17) is 11.6 Å². The minimum absolute atomic E-state index is 0.0470. The summed E-state index contributed by atoms with van der Waals surface area (Å²) < 4.78 is 0. The van der Waals surface area contributed by atoms with E-state index in [0.717, 1.165) is 37.4 Å². The highest BCUT2D eigenvalue weighted by atomic mass is 35.5. The molecule has 0 saturated carbocycles. The van der Waals surface area contributed by atoms with Crippen molar-refractivity contribution in [3.63, 3.8) is 0 Å². The lowest BCUT2D eigenvalue weighted by Crippen LogP contribution is -2.52. The van der Waals surface area contributed by atoms with Gasteiger partial charge in [0.1, 0.15) is 5.02 Å². The smallest absolute Gasteiger partial charge is 0.288 e. The minimum atomic E-state index is -0.455. The Hall–Kier alpha value is -1.37. The van der Waals surface area contributed by atoms with Gasteiger partial charge in [0.15, 0.2) is 0 Å². The van der Waals surface area contributed by atoms with Crippen LogP contribution in [0.5, 0.6) is 0 Å². The summed E-state index contributed by atoms with van der Waals surface area (Å²) in [5.74, 6) is 0. The molecule has 1 N–H and O–H groups in total. The molecule has 0 radical (unpaired) electrons. The number of benzene rings is 1. The van der Waals surface area contributed by atoms with Gasteiger partial charge in [-0.25, -0.2) is 0 Å². The van der Waals surface area contributed by atoms with Gasteiger partial charge in [-0.1, -0.05) is 11.6 Å². The highest BCUT2D eigenvalue weighted by Crippen LogP contribution is 2.30. The van der Waals surface area contributed by atoms with Crippen LogP contribution in [-0.2, 0) is 0 Å². The third-order valence-electron chi connectivity index (χ3n) is 4.00. The van der Waals surface area contributed by atoms with Crippen molar-refractivity contribution in [2.45, 2.75) is 13.0 Å².